The van der Waals surface area contributed by atoms with Gasteiger partial charge in [-0.25, -0.2) is 0 Å². The second-order valence-corrected chi connectivity index (χ2v) is 17.2. The first kappa shape index (κ1) is 24.8. The van der Waals surface area contributed by atoms with E-state index in [9.17, 15) is 15.0 Å². The van der Waals surface area contributed by atoms with Crippen LogP contribution >= 0.6 is 70.6 Å². The van der Waals surface area contributed by atoms with Crippen LogP contribution in [0.15, 0.2) is 0 Å². The zero-order valence-electron chi connectivity index (χ0n) is 17.8. The van der Waals surface area contributed by atoms with E-state index in [0.29, 0.717) is 11.5 Å². The smallest absolute Gasteiger partial charge is 0.145 e. The van der Waals surface area contributed by atoms with Crippen molar-refractivity contribution in [1.29, 1.82) is 0 Å². The van der Waals surface area contributed by atoms with Gasteiger partial charge < -0.3 is 10.2 Å². The van der Waals surface area contributed by atoms with Crippen molar-refractivity contribution < 1.29 is 15.0 Å². The second-order valence-electron chi connectivity index (χ2n) is 8.73. The van der Waals surface area contributed by atoms with Gasteiger partial charge in [-0.15, -0.1) is 47.0 Å². The predicted octanol–water partition coefficient (Wildman–Crippen LogP) is 4.41. The largest absolute Gasteiger partial charge is 0.392 e. The van der Waals surface area contributed by atoms with E-state index < -0.39 is 12.2 Å². The number of Topliss-reactive ketones (excluding diaryl/α,β-unsaturated/α-hetero) is 1. The molecule has 0 unspecified atom stereocenters. The molecule has 4 aliphatic rings. The fourth-order valence-electron chi connectivity index (χ4n) is 5.37. The van der Waals surface area contributed by atoms with E-state index in [-0.39, 0.29) is 37.6 Å². The lowest BCUT2D eigenvalue weighted by Crippen LogP contribution is -2.53. The SMILES string of the molecule is CCC1([C@@H](C)[C@H](O)[C@H]2CSC[C@H]([C@@H](O)[C@@H]3CSCCC34SCCS4)C2=O)SCCS1. The van der Waals surface area contributed by atoms with Gasteiger partial charge in [-0.05, 0) is 18.6 Å². The molecular weight excluding hydrogens is 493 g/mol. The van der Waals surface area contributed by atoms with Gasteiger partial charge in [0, 0.05) is 52.1 Å². The molecule has 4 fully saturated rings. The molecule has 4 rings (SSSR count). The number of aliphatic hydroxyl groups excluding tert-OH is 2. The number of ketones is 1. The fourth-order valence-corrected chi connectivity index (χ4v) is 15.5. The number of rotatable bonds is 6. The van der Waals surface area contributed by atoms with E-state index in [2.05, 4.69) is 13.8 Å². The van der Waals surface area contributed by atoms with E-state index in [1.165, 1.54) is 0 Å². The molecule has 0 bridgehead atoms. The number of carbonyl (C=O) groups is 1. The molecule has 6 atom stereocenters. The third kappa shape index (κ3) is 4.63. The first-order valence-electron chi connectivity index (χ1n) is 11.1. The van der Waals surface area contributed by atoms with Crippen LogP contribution in [-0.2, 0) is 4.79 Å². The third-order valence-corrected chi connectivity index (χ3v) is 17.4. The minimum atomic E-state index is -0.622. The third-order valence-electron chi connectivity index (χ3n) is 7.27. The molecule has 4 saturated heterocycles. The Bertz CT molecular complexity index is 608. The van der Waals surface area contributed by atoms with Crippen LogP contribution in [0.4, 0.5) is 0 Å². The van der Waals surface area contributed by atoms with E-state index in [1.807, 2.05) is 58.8 Å². The minimum absolute atomic E-state index is 0.0249. The summed E-state index contributed by atoms with van der Waals surface area (Å²) in [7, 11) is 0. The van der Waals surface area contributed by atoms with Crippen molar-refractivity contribution >= 4 is 76.4 Å². The van der Waals surface area contributed by atoms with Crippen molar-refractivity contribution in [3.63, 3.8) is 0 Å². The average molecular weight is 527 g/mol. The number of carbonyl (C=O) groups excluding carboxylic acids is 1. The number of aliphatic hydroxyl groups is 2. The van der Waals surface area contributed by atoms with Crippen LogP contribution in [0.25, 0.3) is 0 Å². The van der Waals surface area contributed by atoms with Crippen molar-refractivity contribution in [2.45, 2.75) is 47.1 Å². The standard InChI is InChI=1S/C21H34O3S6/c1-3-20(27-6-7-28-20)13(2)17(22)14-10-26-11-15(18(14)23)19(24)16-12-25-5-4-21(16)29-8-9-30-21/h13-17,19,22,24H,3-12H2,1-2H3/t13-,14+,15-,16-,17-,19+/m0/s1. The molecule has 4 heterocycles. The van der Waals surface area contributed by atoms with Gasteiger partial charge in [-0.1, -0.05) is 13.8 Å². The molecular formula is C21H34O3S6. The number of hydrogen-bond donors (Lipinski definition) is 2. The van der Waals surface area contributed by atoms with E-state index in [0.717, 1.165) is 47.4 Å². The van der Waals surface area contributed by atoms with Crippen LogP contribution in [-0.4, -0.2) is 82.4 Å². The van der Waals surface area contributed by atoms with Crippen LogP contribution in [0.2, 0.25) is 0 Å². The maximum Gasteiger partial charge on any atom is 0.145 e. The summed E-state index contributed by atoms with van der Waals surface area (Å²) in [6, 6.07) is 0. The van der Waals surface area contributed by atoms with Crippen molar-refractivity contribution in [2.75, 3.05) is 46.0 Å². The fraction of sp³-hybridized carbons (Fsp3) is 0.952. The van der Waals surface area contributed by atoms with Gasteiger partial charge in [0.25, 0.3) is 0 Å². The lowest BCUT2D eigenvalue weighted by atomic mass is 9.78. The van der Waals surface area contributed by atoms with Gasteiger partial charge in [-0.2, -0.15) is 23.5 Å². The molecule has 0 aliphatic carbocycles. The maximum atomic E-state index is 13.6. The Labute approximate surface area is 207 Å². The second kappa shape index (κ2) is 10.5. The highest BCUT2D eigenvalue weighted by Crippen LogP contribution is 2.57. The molecule has 2 N–H and O–H groups in total. The summed E-state index contributed by atoms with van der Waals surface area (Å²) >= 11 is 11.6. The Morgan fingerprint density at radius 2 is 1.57 bits per heavy atom. The molecule has 0 aromatic rings. The molecule has 172 valence electrons. The summed E-state index contributed by atoms with van der Waals surface area (Å²) in [6.45, 7) is 4.34. The molecule has 3 nitrogen and oxygen atoms in total. The summed E-state index contributed by atoms with van der Waals surface area (Å²) in [4.78, 5) is 13.6. The zero-order valence-corrected chi connectivity index (χ0v) is 22.7. The van der Waals surface area contributed by atoms with Gasteiger partial charge in [-0.3, -0.25) is 4.79 Å². The van der Waals surface area contributed by atoms with Gasteiger partial charge in [0.2, 0.25) is 0 Å². The zero-order chi connectivity index (χ0) is 21.4. The molecule has 0 radical (unpaired) electrons. The lowest BCUT2D eigenvalue weighted by Gasteiger charge is -2.46. The van der Waals surface area contributed by atoms with Crippen LogP contribution in [0.5, 0.6) is 0 Å². The van der Waals surface area contributed by atoms with Crippen molar-refractivity contribution in [3.8, 4) is 0 Å². The Kier molecular flexibility index (Phi) is 8.70. The summed E-state index contributed by atoms with van der Waals surface area (Å²) in [5, 5.41) is 22.8. The van der Waals surface area contributed by atoms with Gasteiger partial charge in [0.15, 0.2) is 0 Å². The summed E-state index contributed by atoms with van der Waals surface area (Å²) in [6.07, 6.45) is 0.926. The van der Waals surface area contributed by atoms with E-state index >= 15 is 0 Å². The molecule has 0 amide bonds. The average Bonchev–Trinajstić information content (AvgIpc) is 3.44. The van der Waals surface area contributed by atoms with Gasteiger partial charge >= 0.3 is 0 Å². The molecule has 0 aromatic carbocycles. The van der Waals surface area contributed by atoms with Gasteiger partial charge in [0.05, 0.1) is 32.2 Å². The van der Waals surface area contributed by atoms with E-state index in [1.54, 1.807) is 11.8 Å². The normalized spacial score (nSPS) is 36.7. The van der Waals surface area contributed by atoms with Crippen molar-refractivity contribution in [2.24, 2.45) is 23.7 Å². The summed E-state index contributed by atoms with van der Waals surface area (Å²) < 4.78 is 0.120. The van der Waals surface area contributed by atoms with Gasteiger partial charge in [0.1, 0.15) is 5.78 Å². The van der Waals surface area contributed by atoms with Crippen molar-refractivity contribution in [1.82, 2.24) is 0 Å². The van der Waals surface area contributed by atoms with E-state index in [4.69, 9.17) is 0 Å². The molecule has 0 saturated carbocycles. The number of hydrogen-bond acceptors (Lipinski definition) is 9. The minimum Gasteiger partial charge on any atom is -0.392 e. The summed E-state index contributed by atoms with van der Waals surface area (Å²) in [5.74, 6) is 7.74. The molecule has 30 heavy (non-hydrogen) atoms. The first-order chi connectivity index (χ1) is 14.4. The van der Waals surface area contributed by atoms with Crippen LogP contribution in [0.3, 0.4) is 0 Å². The molecule has 1 spiro atoms. The van der Waals surface area contributed by atoms with Crippen molar-refractivity contribution in [3.05, 3.63) is 0 Å². The molecule has 4 aliphatic heterocycles. The monoisotopic (exact) mass is 526 g/mol. The predicted molar refractivity (Wildman–Crippen MR) is 142 cm³/mol. The van der Waals surface area contributed by atoms with Crippen LogP contribution < -0.4 is 0 Å². The highest BCUT2D eigenvalue weighted by Gasteiger charge is 2.53. The lowest BCUT2D eigenvalue weighted by molar-refractivity contribution is -0.135. The Morgan fingerprint density at radius 3 is 2.23 bits per heavy atom. The molecule has 9 heteroatoms. The quantitative estimate of drug-likeness (QED) is 0.524. The topological polar surface area (TPSA) is 57.5 Å². The highest BCUT2D eigenvalue weighted by molar-refractivity contribution is 8.21. The Morgan fingerprint density at radius 1 is 0.933 bits per heavy atom. The maximum absolute atomic E-state index is 13.6. The van der Waals surface area contributed by atoms with Crippen LogP contribution in [0.1, 0.15) is 26.7 Å². The van der Waals surface area contributed by atoms with Crippen LogP contribution in [0, 0.1) is 23.7 Å². The summed E-state index contributed by atoms with van der Waals surface area (Å²) in [5.41, 5.74) is 0. The Balaban J connectivity index is 1.48. The molecule has 0 aromatic heterocycles. The first-order valence-corrected chi connectivity index (χ1v) is 17.3. The highest BCUT2D eigenvalue weighted by atomic mass is 32.2. The number of thioether (sulfide) groups is 6. The Hall–Kier alpha value is 1.69.